The maximum absolute atomic E-state index is 12.6. The largest absolute Gasteiger partial charge is 0.416 e. The molecule has 17 heavy (non-hydrogen) atoms. The molecule has 2 aromatic carbocycles. The monoisotopic (exact) mass is 300 g/mol. The van der Waals surface area contributed by atoms with Crippen molar-refractivity contribution in [3.63, 3.8) is 0 Å². The van der Waals surface area contributed by atoms with Gasteiger partial charge in [0.1, 0.15) is 0 Å². The second-order valence-corrected chi connectivity index (χ2v) is 4.41. The van der Waals surface area contributed by atoms with Crippen molar-refractivity contribution >= 4 is 15.9 Å². The average molecular weight is 301 g/mol. The molecule has 0 aliphatic rings. The SMILES string of the molecule is FC(F)(F)c1cccc(-c2ccccc2Br)c1. The summed E-state index contributed by atoms with van der Waals surface area (Å²) in [6.07, 6.45) is -4.31. The number of hydrogen-bond acceptors (Lipinski definition) is 0. The normalized spacial score (nSPS) is 11.5. The fraction of sp³-hybridized carbons (Fsp3) is 0.0769. The Balaban J connectivity index is 2.51. The lowest BCUT2D eigenvalue weighted by atomic mass is 10.0. The topological polar surface area (TPSA) is 0 Å². The van der Waals surface area contributed by atoms with Gasteiger partial charge in [-0.3, -0.25) is 0 Å². The van der Waals surface area contributed by atoms with Crippen LogP contribution in [0.1, 0.15) is 5.56 Å². The Labute approximate surface area is 105 Å². The summed E-state index contributed by atoms with van der Waals surface area (Å²) in [7, 11) is 0. The van der Waals surface area contributed by atoms with Crippen molar-refractivity contribution in [2.75, 3.05) is 0 Å². The highest BCUT2D eigenvalue weighted by molar-refractivity contribution is 9.10. The molecule has 0 aliphatic carbocycles. The van der Waals surface area contributed by atoms with Gasteiger partial charge in [0.25, 0.3) is 0 Å². The summed E-state index contributed by atoms with van der Waals surface area (Å²) in [6.45, 7) is 0. The van der Waals surface area contributed by atoms with Crippen LogP contribution in [-0.4, -0.2) is 0 Å². The van der Waals surface area contributed by atoms with Crippen molar-refractivity contribution in [3.8, 4) is 11.1 Å². The Kier molecular flexibility index (Phi) is 3.24. The summed E-state index contributed by atoms with van der Waals surface area (Å²) in [6, 6.07) is 12.5. The molecule has 0 nitrogen and oxygen atoms in total. The molecule has 0 radical (unpaired) electrons. The van der Waals surface area contributed by atoms with E-state index in [1.54, 1.807) is 24.3 Å². The molecule has 0 spiro atoms. The van der Waals surface area contributed by atoms with Crippen molar-refractivity contribution < 1.29 is 13.2 Å². The fourth-order valence-electron chi connectivity index (χ4n) is 1.56. The van der Waals surface area contributed by atoms with Gasteiger partial charge in [0.05, 0.1) is 5.56 Å². The minimum absolute atomic E-state index is 0.548. The molecule has 0 aliphatic heterocycles. The van der Waals surface area contributed by atoms with Crippen LogP contribution in [0, 0.1) is 0 Å². The molecule has 0 N–H and O–H groups in total. The van der Waals surface area contributed by atoms with E-state index in [2.05, 4.69) is 15.9 Å². The second-order valence-electron chi connectivity index (χ2n) is 3.56. The molecule has 0 amide bonds. The zero-order valence-corrected chi connectivity index (χ0v) is 10.2. The Morgan fingerprint density at radius 3 is 2.24 bits per heavy atom. The molecule has 2 rings (SSSR count). The molecule has 4 heteroatoms. The number of halogens is 4. The number of benzene rings is 2. The van der Waals surface area contributed by atoms with Gasteiger partial charge in [-0.15, -0.1) is 0 Å². The van der Waals surface area contributed by atoms with Crippen LogP contribution < -0.4 is 0 Å². The highest BCUT2D eigenvalue weighted by Crippen LogP contribution is 2.34. The van der Waals surface area contributed by atoms with E-state index in [1.165, 1.54) is 6.07 Å². The number of rotatable bonds is 1. The third-order valence-corrected chi connectivity index (χ3v) is 3.07. The van der Waals surface area contributed by atoms with E-state index in [4.69, 9.17) is 0 Å². The van der Waals surface area contributed by atoms with Gasteiger partial charge in [0.15, 0.2) is 0 Å². The highest BCUT2D eigenvalue weighted by Gasteiger charge is 2.30. The summed E-state index contributed by atoms with van der Waals surface area (Å²) in [5, 5.41) is 0. The van der Waals surface area contributed by atoms with Crippen LogP contribution in [0.4, 0.5) is 13.2 Å². The Hall–Kier alpha value is -1.29. The predicted molar refractivity (Wildman–Crippen MR) is 64.6 cm³/mol. The first-order valence-electron chi connectivity index (χ1n) is 4.90. The van der Waals surface area contributed by atoms with E-state index in [-0.39, 0.29) is 0 Å². The molecule has 0 fully saturated rings. The van der Waals surface area contributed by atoms with Gasteiger partial charge in [-0.05, 0) is 29.3 Å². The maximum atomic E-state index is 12.6. The van der Waals surface area contributed by atoms with E-state index in [0.29, 0.717) is 5.56 Å². The van der Waals surface area contributed by atoms with Crippen molar-refractivity contribution in [3.05, 3.63) is 58.6 Å². The van der Waals surface area contributed by atoms with Crippen LogP contribution in [-0.2, 0) is 6.18 Å². The minimum atomic E-state index is -4.31. The van der Waals surface area contributed by atoms with E-state index in [0.717, 1.165) is 22.2 Å². The lowest BCUT2D eigenvalue weighted by molar-refractivity contribution is -0.137. The third kappa shape index (κ3) is 2.69. The Morgan fingerprint density at radius 1 is 0.882 bits per heavy atom. The molecule has 0 atom stereocenters. The molecule has 88 valence electrons. The first kappa shape index (κ1) is 12.2. The van der Waals surface area contributed by atoms with Gasteiger partial charge in [-0.1, -0.05) is 46.3 Å². The minimum Gasteiger partial charge on any atom is -0.166 e. The van der Waals surface area contributed by atoms with Crippen LogP contribution in [0.5, 0.6) is 0 Å². The summed E-state index contributed by atoms with van der Waals surface area (Å²) in [5.74, 6) is 0. The smallest absolute Gasteiger partial charge is 0.166 e. The zero-order valence-electron chi connectivity index (χ0n) is 8.63. The molecule has 2 aromatic rings. The Morgan fingerprint density at radius 2 is 1.59 bits per heavy atom. The molecule has 0 saturated heterocycles. The first-order chi connectivity index (χ1) is 7.98. The van der Waals surface area contributed by atoms with Crippen LogP contribution in [0.25, 0.3) is 11.1 Å². The molecular formula is C13H8BrF3. The van der Waals surface area contributed by atoms with Gasteiger partial charge >= 0.3 is 6.18 Å². The zero-order chi connectivity index (χ0) is 12.5. The van der Waals surface area contributed by atoms with E-state index in [9.17, 15) is 13.2 Å². The van der Waals surface area contributed by atoms with Crippen molar-refractivity contribution in [2.24, 2.45) is 0 Å². The highest BCUT2D eigenvalue weighted by atomic mass is 79.9. The number of alkyl halides is 3. The third-order valence-electron chi connectivity index (χ3n) is 2.37. The van der Waals surface area contributed by atoms with Crippen molar-refractivity contribution in [2.45, 2.75) is 6.18 Å². The lowest BCUT2D eigenvalue weighted by Gasteiger charge is -2.09. The predicted octanol–water partition coefficient (Wildman–Crippen LogP) is 5.13. The van der Waals surface area contributed by atoms with Crippen LogP contribution in [0.2, 0.25) is 0 Å². The summed E-state index contributed by atoms with van der Waals surface area (Å²) in [4.78, 5) is 0. The van der Waals surface area contributed by atoms with Crippen LogP contribution >= 0.6 is 15.9 Å². The van der Waals surface area contributed by atoms with Crippen molar-refractivity contribution in [1.82, 2.24) is 0 Å². The summed E-state index contributed by atoms with van der Waals surface area (Å²) < 4.78 is 38.5. The van der Waals surface area contributed by atoms with Crippen LogP contribution in [0.3, 0.4) is 0 Å². The van der Waals surface area contributed by atoms with Gasteiger partial charge in [0.2, 0.25) is 0 Å². The van der Waals surface area contributed by atoms with Gasteiger partial charge in [-0.25, -0.2) is 0 Å². The van der Waals surface area contributed by atoms with Crippen LogP contribution in [0.15, 0.2) is 53.0 Å². The maximum Gasteiger partial charge on any atom is 0.416 e. The quantitative estimate of drug-likeness (QED) is 0.684. The average Bonchev–Trinajstić information content (AvgIpc) is 2.29. The Bertz CT molecular complexity index is 532. The molecule has 0 aromatic heterocycles. The van der Waals surface area contributed by atoms with Gasteiger partial charge in [-0.2, -0.15) is 13.2 Å². The molecular weight excluding hydrogens is 293 g/mol. The molecule has 0 heterocycles. The van der Waals surface area contributed by atoms with Gasteiger partial charge < -0.3 is 0 Å². The van der Waals surface area contributed by atoms with E-state index < -0.39 is 11.7 Å². The molecule has 0 saturated carbocycles. The second kappa shape index (κ2) is 4.53. The van der Waals surface area contributed by atoms with E-state index in [1.807, 2.05) is 6.07 Å². The summed E-state index contributed by atoms with van der Waals surface area (Å²) in [5.41, 5.74) is 0.664. The number of hydrogen-bond donors (Lipinski definition) is 0. The fourth-order valence-corrected chi connectivity index (χ4v) is 2.07. The van der Waals surface area contributed by atoms with Gasteiger partial charge in [0, 0.05) is 4.47 Å². The standard InChI is InChI=1S/C13H8BrF3/c14-12-7-2-1-6-11(12)9-4-3-5-10(8-9)13(15,16)17/h1-8H. The first-order valence-corrected chi connectivity index (χ1v) is 5.70. The molecule has 0 unspecified atom stereocenters. The molecule has 0 bridgehead atoms. The van der Waals surface area contributed by atoms with E-state index >= 15 is 0 Å². The van der Waals surface area contributed by atoms with Crippen molar-refractivity contribution in [1.29, 1.82) is 0 Å². The summed E-state index contributed by atoms with van der Waals surface area (Å²) >= 11 is 3.33. The lowest BCUT2D eigenvalue weighted by Crippen LogP contribution is -2.04.